The standard InChI is InChI=1S/C37H56NOPS/c1-35(2,3)41(39)38-34(27-22-23-31-32(26-27)37(6,7)25-24-36(31,4)5)30-20-14-15-21-33(30)40(28-16-10-8-11-17-28)29-18-12-9-13-19-29/h14-15,20-23,26,28-29,34,38H,8-13,16-19,24-25H2,1-7H3. The van der Waals surface area contributed by atoms with Gasteiger partial charge in [-0.2, -0.15) is 0 Å². The van der Waals surface area contributed by atoms with Crippen LogP contribution in [0.2, 0.25) is 0 Å². The lowest BCUT2D eigenvalue weighted by Crippen LogP contribution is -2.39. The van der Waals surface area contributed by atoms with Crippen molar-refractivity contribution in [3.63, 3.8) is 0 Å². The molecule has 41 heavy (non-hydrogen) atoms. The van der Waals surface area contributed by atoms with Gasteiger partial charge < -0.3 is 0 Å². The van der Waals surface area contributed by atoms with Crippen LogP contribution in [0.1, 0.15) is 154 Å². The van der Waals surface area contributed by atoms with Gasteiger partial charge in [-0.1, -0.05) is 117 Å². The van der Waals surface area contributed by atoms with E-state index in [0.29, 0.717) is 0 Å². The Balaban J connectivity index is 1.65. The van der Waals surface area contributed by atoms with Crippen LogP contribution in [0.5, 0.6) is 0 Å². The van der Waals surface area contributed by atoms with Crippen molar-refractivity contribution in [2.45, 2.75) is 158 Å². The minimum atomic E-state index is -1.18. The third-order valence-electron chi connectivity index (χ3n) is 10.5. The molecule has 2 atom stereocenters. The van der Waals surface area contributed by atoms with Crippen molar-refractivity contribution in [3.8, 4) is 0 Å². The fraction of sp³-hybridized carbons (Fsp3) is 0.676. The highest BCUT2D eigenvalue weighted by molar-refractivity contribution is 7.84. The van der Waals surface area contributed by atoms with Crippen LogP contribution in [-0.4, -0.2) is 20.3 Å². The molecule has 5 rings (SSSR count). The van der Waals surface area contributed by atoms with E-state index < -0.39 is 11.0 Å². The molecule has 2 unspecified atom stereocenters. The van der Waals surface area contributed by atoms with Gasteiger partial charge in [0.25, 0.3) is 0 Å². The first kappa shape index (κ1) is 31.4. The maximum Gasteiger partial charge on any atom is 0.0979 e. The van der Waals surface area contributed by atoms with Crippen molar-refractivity contribution < 1.29 is 4.21 Å². The number of nitrogens with one attached hydrogen (secondary N) is 1. The van der Waals surface area contributed by atoms with Gasteiger partial charge in [-0.25, -0.2) is 8.93 Å². The topological polar surface area (TPSA) is 29.1 Å². The Hall–Kier alpha value is -1.02. The molecule has 2 fully saturated rings. The number of rotatable bonds is 7. The second-order valence-electron chi connectivity index (χ2n) is 15.6. The number of benzene rings is 2. The van der Waals surface area contributed by atoms with E-state index in [4.69, 9.17) is 0 Å². The summed E-state index contributed by atoms with van der Waals surface area (Å²) in [4.78, 5) is 0. The summed E-state index contributed by atoms with van der Waals surface area (Å²) >= 11 is 0. The van der Waals surface area contributed by atoms with E-state index in [1.54, 1.807) is 5.30 Å². The summed E-state index contributed by atoms with van der Waals surface area (Å²) < 4.78 is 17.2. The van der Waals surface area contributed by atoms with Gasteiger partial charge in [0, 0.05) is 0 Å². The van der Waals surface area contributed by atoms with Gasteiger partial charge in [-0.15, -0.1) is 0 Å². The molecule has 0 saturated heterocycles. The Morgan fingerprint density at radius 1 is 0.780 bits per heavy atom. The molecule has 2 aromatic rings. The SMILES string of the molecule is CC1(C)CCC(C)(C)c2cc(C(NS(=O)C(C)(C)C)c3ccccc3P(C3CCCCC3)C3CCCCC3)ccc21. The van der Waals surface area contributed by atoms with Crippen molar-refractivity contribution in [2.24, 2.45) is 0 Å². The van der Waals surface area contributed by atoms with Crippen molar-refractivity contribution >= 4 is 24.2 Å². The van der Waals surface area contributed by atoms with Crippen molar-refractivity contribution in [1.29, 1.82) is 0 Å². The molecule has 2 saturated carbocycles. The second kappa shape index (κ2) is 12.5. The first-order chi connectivity index (χ1) is 19.4. The lowest BCUT2D eigenvalue weighted by Gasteiger charge is -2.43. The molecule has 2 aromatic carbocycles. The highest BCUT2D eigenvalue weighted by atomic mass is 32.2. The molecular formula is C37H56NOPS. The summed E-state index contributed by atoms with van der Waals surface area (Å²) in [6.45, 7) is 15.9. The lowest BCUT2D eigenvalue weighted by atomic mass is 9.63. The zero-order chi connectivity index (χ0) is 29.4. The van der Waals surface area contributed by atoms with Crippen LogP contribution in [0.15, 0.2) is 42.5 Å². The predicted octanol–water partition coefficient (Wildman–Crippen LogP) is 9.95. The monoisotopic (exact) mass is 593 g/mol. The third kappa shape index (κ3) is 6.89. The smallest absolute Gasteiger partial charge is 0.0979 e. The van der Waals surface area contributed by atoms with Crippen LogP contribution in [0.4, 0.5) is 0 Å². The lowest BCUT2D eigenvalue weighted by molar-refractivity contribution is 0.331. The molecule has 226 valence electrons. The molecule has 3 aliphatic rings. The average molecular weight is 594 g/mol. The molecule has 0 bridgehead atoms. The quantitative estimate of drug-likeness (QED) is 0.318. The van der Waals surface area contributed by atoms with Gasteiger partial charge in [-0.05, 0) is 109 Å². The minimum Gasteiger partial charge on any atom is -0.242 e. The summed E-state index contributed by atoms with van der Waals surface area (Å²) in [5, 5.41) is 1.60. The summed E-state index contributed by atoms with van der Waals surface area (Å²) in [6, 6.07) is 16.6. The predicted molar refractivity (Wildman–Crippen MR) is 181 cm³/mol. The second-order valence-corrected chi connectivity index (χ2v) is 20.3. The van der Waals surface area contributed by atoms with Gasteiger partial charge in [-0.3, -0.25) is 0 Å². The summed E-state index contributed by atoms with van der Waals surface area (Å²) in [6.07, 6.45) is 16.4. The normalized spacial score (nSPS) is 23.2. The largest absolute Gasteiger partial charge is 0.242 e. The van der Waals surface area contributed by atoms with E-state index in [9.17, 15) is 4.21 Å². The fourth-order valence-electron chi connectivity index (χ4n) is 7.76. The summed E-state index contributed by atoms with van der Waals surface area (Å²) in [5.41, 5.74) is 7.65. The Labute approximate surface area is 255 Å². The van der Waals surface area contributed by atoms with Gasteiger partial charge in [0.1, 0.15) is 0 Å². The van der Waals surface area contributed by atoms with Gasteiger partial charge in [0.15, 0.2) is 0 Å². The number of hydrogen-bond donors (Lipinski definition) is 1. The first-order valence-corrected chi connectivity index (χ1v) is 19.2. The molecule has 0 spiro atoms. The van der Waals surface area contributed by atoms with Crippen LogP contribution >= 0.6 is 7.92 Å². The number of hydrogen-bond acceptors (Lipinski definition) is 1. The Morgan fingerprint density at radius 2 is 1.32 bits per heavy atom. The van der Waals surface area contributed by atoms with E-state index in [0.717, 1.165) is 11.3 Å². The van der Waals surface area contributed by atoms with Gasteiger partial charge >= 0.3 is 0 Å². The fourth-order valence-corrected chi connectivity index (χ4v) is 12.6. The molecule has 0 amide bonds. The van der Waals surface area contributed by atoms with Crippen LogP contribution in [0, 0.1) is 0 Å². The molecule has 0 aliphatic heterocycles. The highest BCUT2D eigenvalue weighted by Crippen LogP contribution is 2.56. The van der Waals surface area contributed by atoms with E-state index >= 15 is 0 Å². The van der Waals surface area contributed by atoms with Crippen molar-refractivity contribution in [2.75, 3.05) is 0 Å². The molecule has 2 nitrogen and oxygen atoms in total. The molecule has 0 heterocycles. The molecule has 0 aromatic heterocycles. The van der Waals surface area contributed by atoms with E-state index in [-0.39, 0.29) is 29.5 Å². The Bertz CT molecular complexity index is 1200. The average Bonchev–Trinajstić information content (AvgIpc) is 2.95. The minimum absolute atomic E-state index is 0.0745. The molecular weight excluding hydrogens is 537 g/mol. The molecule has 0 radical (unpaired) electrons. The van der Waals surface area contributed by atoms with Crippen LogP contribution in [0.25, 0.3) is 0 Å². The van der Waals surface area contributed by atoms with Crippen molar-refractivity contribution in [3.05, 3.63) is 64.7 Å². The van der Waals surface area contributed by atoms with E-state index in [1.165, 1.54) is 99.3 Å². The zero-order valence-electron chi connectivity index (χ0n) is 27.0. The first-order valence-electron chi connectivity index (χ1n) is 16.6. The number of fused-ring (bicyclic) bond motifs is 1. The van der Waals surface area contributed by atoms with Gasteiger partial charge in [0.05, 0.1) is 21.8 Å². The summed E-state index contributed by atoms with van der Waals surface area (Å²) in [7, 11) is -1.45. The third-order valence-corrected chi connectivity index (χ3v) is 15.6. The van der Waals surface area contributed by atoms with E-state index in [2.05, 4.69) is 95.7 Å². The van der Waals surface area contributed by atoms with Gasteiger partial charge in [0.2, 0.25) is 0 Å². The zero-order valence-corrected chi connectivity index (χ0v) is 28.7. The highest BCUT2D eigenvalue weighted by Gasteiger charge is 2.39. The van der Waals surface area contributed by atoms with Crippen LogP contribution in [0.3, 0.4) is 0 Å². The van der Waals surface area contributed by atoms with Crippen LogP contribution < -0.4 is 10.0 Å². The van der Waals surface area contributed by atoms with Crippen molar-refractivity contribution in [1.82, 2.24) is 4.72 Å². The van der Waals surface area contributed by atoms with Crippen LogP contribution in [-0.2, 0) is 21.8 Å². The molecule has 1 N–H and O–H groups in total. The van der Waals surface area contributed by atoms with E-state index in [1.807, 2.05) is 0 Å². The maximum atomic E-state index is 13.8. The Morgan fingerprint density at radius 3 is 1.88 bits per heavy atom. The molecule has 3 aliphatic carbocycles. The maximum absolute atomic E-state index is 13.8. The molecule has 4 heteroatoms. The summed E-state index contributed by atoms with van der Waals surface area (Å²) in [5.74, 6) is 0. The Kier molecular flexibility index (Phi) is 9.60.